The molecule has 0 radical (unpaired) electrons. The Hall–Kier alpha value is -0.0800. The van der Waals surface area contributed by atoms with Crippen LogP contribution in [0.3, 0.4) is 0 Å². The van der Waals surface area contributed by atoms with E-state index in [1.807, 2.05) is 0 Å². The summed E-state index contributed by atoms with van der Waals surface area (Å²) in [5.74, 6) is 1.01. The molecule has 2 heteroatoms. The lowest BCUT2D eigenvalue weighted by Crippen LogP contribution is -2.34. The van der Waals surface area contributed by atoms with Crippen molar-refractivity contribution in [1.82, 2.24) is 10.6 Å². The van der Waals surface area contributed by atoms with Crippen LogP contribution in [0.15, 0.2) is 0 Å². The molecule has 13 heavy (non-hydrogen) atoms. The van der Waals surface area contributed by atoms with Crippen molar-refractivity contribution >= 4 is 0 Å². The fourth-order valence-corrected chi connectivity index (χ4v) is 2.16. The first-order valence-corrected chi connectivity index (χ1v) is 5.81. The fraction of sp³-hybridized carbons (Fsp3) is 1.00. The second-order valence-corrected chi connectivity index (χ2v) is 4.78. The molecule has 2 atom stereocenters. The van der Waals surface area contributed by atoms with Gasteiger partial charge in [0.1, 0.15) is 0 Å². The van der Waals surface area contributed by atoms with Crippen molar-refractivity contribution in [2.24, 2.45) is 5.92 Å². The lowest BCUT2D eigenvalue weighted by Gasteiger charge is -2.17. The van der Waals surface area contributed by atoms with E-state index in [2.05, 4.69) is 17.6 Å². The van der Waals surface area contributed by atoms with Gasteiger partial charge in [0.2, 0.25) is 0 Å². The summed E-state index contributed by atoms with van der Waals surface area (Å²) in [6.45, 7) is 4.82. The number of nitrogens with one attached hydrogen (secondary N) is 2. The number of hydrogen-bond acceptors (Lipinski definition) is 2. The molecule has 0 aromatic heterocycles. The van der Waals surface area contributed by atoms with Crippen LogP contribution in [0.25, 0.3) is 0 Å². The van der Waals surface area contributed by atoms with Crippen LogP contribution in [-0.4, -0.2) is 25.2 Å². The van der Waals surface area contributed by atoms with Crippen molar-refractivity contribution < 1.29 is 0 Å². The average Bonchev–Trinajstić information content (AvgIpc) is 2.82. The summed E-state index contributed by atoms with van der Waals surface area (Å²) in [5.41, 5.74) is 0. The third kappa shape index (κ3) is 3.28. The Morgan fingerprint density at radius 1 is 1.38 bits per heavy atom. The molecule has 1 saturated heterocycles. The number of hydrogen-bond donors (Lipinski definition) is 2. The van der Waals surface area contributed by atoms with Crippen molar-refractivity contribution in [2.45, 2.75) is 51.1 Å². The van der Waals surface area contributed by atoms with Crippen molar-refractivity contribution in [2.75, 3.05) is 13.1 Å². The standard InChI is InChI=1S/C11H22N2/c1-9(13-8-10-4-5-10)7-11-3-2-6-12-11/h9-13H,2-8H2,1H3. The van der Waals surface area contributed by atoms with E-state index in [0.29, 0.717) is 6.04 Å². The highest BCUT2D eigenvalue weighted by molar-refractivity contribution is 4.81. The maximum absolute atomic E-state index is 3.63. The Morgan fingerprint density at radius 3 is 2.85 bits per heavy atom. The predicted molar refractivity (Wildman–Crippen MR) is 55.8 cm³/mol. The van der Waals surface area contributed by atoms with Gasteiger partial charge in [-0.05, 0) is 58.0 Å². The van der Waals surface area contributed by atoms with Crippen molar-refractivity contribution in [3.63, 3.8) is 0 Å². The Labute approximate surface area is 81.5 Å². The van der Waals surface area contributed by atoms with Crippen LogP contribution in [-0.2, 0) is 0 Å². The summed E-state index contributed by atoms with van der Waals surface area (Å²) in [4.78, 5) is 0. The molecule has 0 aromatic carbocycles. The lowest BCUT2D eigenvalue weighted by atomic mass is 10.1. The second kappa shape index (κ2) is 4.43. The molecule has 0 aromatic rings. The van der Waals surface area contributed by atoms with Crippen LogP contribution >= 0.6 is 0 Å². The van der Waals surface area contributed by atoms with Gasteiger partial charge in [0, 0.05) is 12.1 Å². The second-order valence-electron chi connectivity index (χ2n) is 4.78. The first kappa shape index (κ1) is 9.47. The van der Waals surface area contributed by atoms with E-state index in [1.165, 1.54) is 45.2 Å². The van der Waals surface area contributed by atoms with Crippen molar-refractivity contribution in [1.29, 1.82) is 0 Å². The van der Waals surface area contributed by atoms with Crippen LogP contribution in [0.2, 0.25) is 0 Å². The molecule has 2 aliphatic rings. The van der Waals surface area contributed by atoms with Gasteiger partial charge in [0.25, 0.3) is 0 Å². The van der Waals surface area contributed by atoms with Crippen LogP contribution in [0, 0.1) is 5.92 Å². The fourth-order valence-electron chi connectivity index (χ4n) is 2.16. The maximum Gasteiger partial charge on any atom is 0.00822 e. The van der Waals surface area contributed by atoms with E-state index in [0.717, 1.165) is 12.0 Å². The van der Waals surface area contributed by atoms with Gasteiger partial charge in [-0.1, -0.05) is 0 Å². The summed E-state index contributed by atoms with van der Waals surface area (Å²) in [6, 6.07) is 1.50. The molecule has 1 aliphatic carbocycles. The minimum absolute atomic E-state index is 0.705. The molecule has 2 N–H and O–H groups in total. The summed E-state index contributed by atoms with van der Waals surface area (Å²) < 4.78 is 0. The van der Waals surface area contributed by atoms with Crippen LogP contribution in [0.5, 0.6) is 0 Å². The van der Waals surface area contributed by atoms with Gasteiger partial charge in [0.05, 0.1) is 0 Å². The first-order valence-electron chi connectivity index (χ1n) is 5.81. The molecule has 2 rings (SSSR count). The van der Waals surface area contributed by atoms with E-state index in [4.69, 9.17) is 0 Å². The minimum Gasteiger partial charge on any atom is -0.314 e. The van der Waals surface area contributed by atoms with Gasteiger partial charge in [-0.2, -0.15) is 0 Å². The predicted octanol–water partition coefficient (Wildman–Crippen LogP) is 1.52. The van der Waals surface area contributed by atoms with E-state index in [-0.39, 0.29) is 0 Å². The Morgan fingerprint density at radius 2 is 2.23 bits per heavy atom. The zero-order chi connectivity index (χ0) is 9.10. The van der Waals surface area contributed by atoms with Crippen LogP contribution in [0.1, 0.15) is 39.0 Å². The topological polar surface area (TPSA) is 24.1 Å². The molecule has 0 bridgehead atoms. The molecule has 2 unspecified atom stereocenters. The third-order valence-corrected chi connectivity index (χ3v) is 3.25. The Kier molecular flexibility index (Phi) is 3.23. The minimum atomic E-state index is 0.705. The van der Waals surface area contributed by atoms with Crippen molar-refractivity contribution in [3.05, 3.63) is 0 Å². The SMILES string of the molecule is CC(CC1CCCN1)NCC1CC1. The van der Waals surface area contributed by atoms with Crippen LogP contribution < -0.4 is 10.6 Å². The molecule has 1 heterocycles. The molecule has 76 valence electrons. The van der Waals surface area contributed by atoms with E-state index < -0.39 is 0 Å². The van der Waals surface area contributed by atoms with Gasteiger partial charge >= 0.3 is 0 Å². The van der Waals surface area contributed by atoms with Gasteiger partial charge in [-0.15, -0.1) is 0 Å². The van der Waals surface area contributed by atoms with Gasteiger partial charge < -0.3 is 10.6 Å². The Bertz CT molecular complexity index is 148. The summed E-state index contributed by atoms with van der Waals surface area (Å²) >= 11 is 0. The van der Waals surface area contributed by atoms with Gasteiger partial charge in [-0.3, -0.25) is 0 Å². The monoisotopic (exact) mass is 182 g/mol. The summed E-state index contributed by atoms with van der Waals surface area (Å²) in [5, 5.41) is 7.18. The van der Waals surface area contributed by atoms with Crippen LogP contribution in [0.4, 0.5) is 0 Å². The largest absolute Gasteiger partial charge is 0.314 e. The van der Waals surface area contributed by atoms with Gasteiger partial charge in [-0.25, -0.2) is 0 Å². The highest BCUT2D eigenvalue weighted by atomic mass is 15.0. The van der Waals surface area contributed by atoms with E-state index >= 15 is 0 Å². The molecule has 0 amide bonds. The molecule has 1 aliphatic heterocycles. The van der Waals surface area contributed by atoms with E-state index in [9.17, 15) is 0 Å². The average molecular weight is 182 g/mol. The molecule has 1 saturated carbocycles. The highest BCUT2D eigenvalue weighted by Crippen LogP contribution is 2.27. The zero-order valence-electron chi connectivity index (χ0n) is 8.68. The van der Waals surface area contributed by atoms with Crippen molar-refractivity contribution in [3.8, 4) is 0 Å². The zero-order valence-corrected chi connectivity index (χ0v) is 8.68. The normalized spacial score (nSPS) is 30.7. The van der Waals surface area contributed by atoms with E-state index in [1.54, 1.807) is 0 Å². The maximum atomic E-state index is 3.63. The highest BCUT2D eigenvalue weighted by Gasteiger charge is 2.22. The molecule has 2 nitrogen and oxygen atoms in total. The molecular weight excluding hydrogens is 160 g/mol. The number of rotatable bonds is 5. The third-order valence-electron chi connectivity index (χ3n) is 3.25. The smallest absolute Gasteiger partial charge is 0.00822 e. The summed E-state index contributed by atoms with van der Waals surface area (Å²) in [6.07, 6.45) is 6.99. The molecule has 2 fully saturated rings. The quantitative estimate of drug-likeness (QED) is 0.673. The summed E-state index contributed by atoms with van der Waals surface area (Å²) in [7, 11) is 0. The van der Waals surface area contributed by atoms with Gasteiger partial charge in [0.15, 0.2) is 0 Å². The first-order chi connectivity index (χ1) is 6.34. The lowest BCUT2D eigenvalue weighted by molar-refractivity contribution is 0.434. The molecule has 0 spiro atoms. The molecular formula is C11H22N2. The Balaban J connectivity index is 1.56.